The lowest BCUT2D eigenvalue weighted by atomic mass is 10.1. The van der Waals surface area contributed by atoms with Crippen molar-refractivity contribution in [2.75, 3.05) is 5.01 Å². The van der Waals surface area contributed by atoms with E-state index in [9.17, 15) is 0 Å². The summed E-state index contributed by atoms with van der Waals surface area (Å²) in [6.45, 7) is 8.36. The van der Waals surface area contributed by atoms with Gasteiger partial charge in [0.25, 0.3) is 0 Å². The van der Waals surface area contributed by atoms with Crippen molar-refractivity contribution >= 4 is 22.2 Å². The van der Waals surface area contributed by atoms with Gasteiger partial charge in [0.2, 0.25) is 0 Å². The first-order valence-electron chi connectivity index (χ1n) is 9.04. The number of pyridine rings is 2. The lowest BCUT2D eigenvalue weighted by Crippen LogP contribution is -2.23. The number of hydrogen-bond acceptors (Lipinski definition) is 5. The van der Waals surface area contributed by atoms with Crippen LogP contribution in [0.25, 0.3) is 22.2 Å². The Kier molecular flexibility index (Phi) is 5.01. The molecule has 2 N–H and O–H groups in total. The Morgan fingerprint density at radius 2 is 1.79 bits per heavy atom. The third kappa shape index (κ3) is 3.69. The lowest BCUT2D eigenvalue weighted by Gasteiger charge is -2.14. The van der Waals surface area contributed by atoms with Crippen molar-refractivity contribution in [3.8, 4) is 5.69 Å². The summed E-state index contributed by atoms with van der Waals surface area (Å²) in [7, 11) is 0. The Morgan fingerprint density at radius 3 is 2.62 bits per heavy atom. The molecule has 6 heteroatoms. The average Bonchev–Trinajstić information content (AvgIpc) is 3.26. The van der Waals surface area contributed by atoms with Crippen LogP contribution in [0, 0.1) is 0 Å². The molecule has 0 amide bonds. The quantitative estimate of drug-likeness (QED) is 0.307. The summed E-state index contributed by atoms with van der Waals surface area (Å²) in [5.41, 5.74) is 5.00. The van der Waals surface area contributed by atoms with Crippen molar-refractivity contribution in [3.63, 3.8) is 0 Å². The number of nitrogens with two attached hydrogens (primary N) is 1. The van der Waals surface area contributed by atoms with Gasteiger partial charge in [0, 0.05) is 30.2 Å². The molecule has 1 aromatic carbocycles. The molecule has 0 aliphatic carbocycles. The maximum absolute atomic E-state index is 6.07. The van der Waals surface area contributed by atoms with Crippen molar-refractivity contribution in [2.45, 2.75) is 0 Å². The van der Waals surface area contributed by atoms with E-state index in [1.165, 1.54) is 5.01 Å². The topological polar surface area (TPSA) is 72.9 Å². The molecule has 0 unspecified atom stereocenters. The number of rotatable bonds is 6. The summed E-state index contributed by atoms with van der Waals surface area (Å²) >= 11 is 0. The molecule has 4 rings (SSSR count). The van der Waals surface area contributed by atoms with Gasteiger partial charge in [-0.3, -0.25) is 15.0 Å². The van der Waals surface area contributed by atoms with Crippen LogP contribution in [0.2, 0.25) is 0 Å². The Hall–Kier alpha value is -4.03. The van der Waals surface area contributed by atoms with E-state index in [0.717, 1.165) is 39.1 Å². The van der Waals surface area contributed by atoms with Crippen LogP contribution in [0.4, 0.5) is 5.69 Å². The first-order valence-corrected chi connectivity index (χ1v) is 9.04. The zero-order valence-corrected chi connectivity index (χ0v) is 15.8. The fourth-order valence-corrected chi connectivity index (χ4v) is 3.03. The molecule has 142 valence electrons. The van der Waals surface area contributed by atoms with Crippen molar-refractivity contribution in [1.29, 1.82) is 0 Å². The molecule has 4 aromatic rings. The number of aromatic nitrogens is 4. The molecule has 0 radical (unpaired) electrons. The van der Waals surface area contributed by atoms with Gasteiger partial charge in [-0.15, -0.1) is 0 Å². The van der Waals surface area contributed by atoms with Gasteiger partial charge in [-0.1, -0.05) is 19.2 Å². The SMILES string of the molecule is C=C(/C=C\N(N)c1ccncc1)C(=C)c1ccnn1-c1cccc2ncccc12. The normalized spacial score (nSPS) is 11.1. The molecule has 3 heterocycles. The predicted octanol–water partition coefficient (Wildman–Crippen LogP) is 4.28. The summed E-state index contributed by atoms with van der Waals surface area (Å²) in [5.74, 6) is 6.07. The van der Waals surface area contributed by atoms with Crippen molar-refractivity contribution in [3.05, 3.63) is 110 Å². The molecule has 0 aliphatic heterocycles. The zero-order chi connectivity index (χ0) is 20.2. The lowest BCUT2D eigenvalue weighted by molar-refractivity contribution is 0.874. The number of hydrazine groups is 1. The minimum atomic E-state index is 0.731. The van der Waals surface area contributed by atoms with Gasteiger partial charge in [-0.2, -0.15) is 5.10 Å². The fraction of sp³-hybridized carbons (Fsp3) is 0. The highest BCUT2D eigenvalue weighted by Gasteiger charge is 2.12. The number of allylic oxidation sites excluding steroid dienone is 3. The first-order chi connectivity index (χ1) is 14.1. The molecule has 0 saturated heterocycles. The van der Waals surface area contributed by atoms with Crippen LogP contribution < -0.4 is 10.9 Å². The monoisotopic (exact) mass is 380 g/mol. The molecule has 0 aliphatic rings. The third-order valence-corrected chi connectivity index (χ3v) is 4.59. The fourth-order valence-electron chi connectivity index (χ4n) is 3.03. The summed E-state index contributed by atoms with van der Waals surface area (Å²) in [5, 5.41) is 7.03. The molecular formula is C23H20N6. The van der Waals surface area contributed by atoms with E-state index in [4.69, 9.17) is 5.84 Å². The van der Waals surface area contributed by atoms with Crippen LogP contribution in [0.15, 0.2) is 104 Å². The van der Waals surface area contributed by atoms with E-state index in [1.54, 1.807) is 31.0 Å². The first kappa shape index (κ1) is 18.3. The van der Waals surface area contributed by atoms with Crippen LogP contribution in [0.1, 0.15) is 5.69 Å². The zero-order valence-electron chi connectivity index (χ0n) is 15.8. The minimum Gasteiger partial charge on any atom is -0.287 e. The molecule has 0 spiro atoms. The Labute approximate surface area is 168 Å². The average molecular weight is 380 g/mol. The van der Waals surface area contributed by atoms with E-state index in [2.05, 4.69) is 28.2 Å². The molecule has 0 saturated carbocycles. The van der Waals surface area contributed by atoms with Gasteiger partial charge in [-0.05, 0) is 59.7 Å². The van der Waals surface area contributed by atoms with E-state index in [-0.39, 0.29) is 0 Å². The van der Waals surface area contributed by atoms with Gasteiger partial charge in [0.1, 0.15) is 0 Å². The highest BCUT2D eigenvalue weighted by molar-refractivity contribution is 5.88. The Balaban J connectivity index is 1.61. The number of nitrogens with zero attached hydrogens (tertiary/aromatic N) is 5. The molecule has 0 fully saturated rings. The molecule has 0 atom stereocenters. The molecule has 29 heavy (non-hydrogen) atoms. The Bertz CT molecular complexity index is 1200. The summed E-state index contributed by atoms with van der Waals surface area (Å²) < 4.78 is 1.86. The summed E-state index contributed by atoms with van der Waals surface area (Å²) in [6, 6.07) is 15.5. The van der Waals surface area contributed by atoms with Crippen molar-refractivity contribution < 1.29 is 0 Å². The number of benzene rings is 1. The van der Waals surface area contributed by atoms with Gasteiger partial charge in [-0.25, -0.2) is 10.5 Å². The molecule has 3 aromatic heterocycles. The maximum Gasteiger partial charge on any atom is 0.0746 e. The van der Waals surface area contributed by atoms with Gasteiger partial charge in [0.05, 0.1) is 28.8 Å². The molecule has 6 nitrogen and oxygen atoms in total. The number of hydrogen-bond donors (Lipinski definition) is 1. The largest absolute Gasteiger partial charge is 0.287 e. The minimum absolute atomic E-state index is 0.731. The van der Waals surface area contributed by atoms with E-state index in [1.807, 2.05) is 59.3 Å². The van der Waals surface area contributed by atoms with Gasteiger partial charge >= 0.3 is 0 Å². The van der Waals surface area contributed by atoms with Gasteiger partial charge in [0.15, 0.2) is 0 Å². The van der Waals surface area contributed by atoms with E-state index >= 15 is 0 Å². The summed E-state index contributed by atoms with van der Waals surface area (Å²) in [4.78, 5) is 8.42. The summed E-state index contributed by atoms with van der Waals surface area (Å²) in [6.07, 6.45) is 10.5. The van der Waals surface area contributed by atoms with Crippen molar-refractivity contribution in [2.24, 2.45) is 5.84 Å². The smallest absolute Gasteiger partial charge is 0.0746 e. The number of anilines is 1. The van der Waals surface area contributed by atoms with E-state index in [0.29, 0.717) is 0 Å². The van der Waals surface area contributed by atoms with Crippen molar-refractivity contribution in [1.82, 2.24) is 19.7 Å². The Morgan fingerprint density at radius 1 is 0.966 bits per heavy atom. The second-order valence-corrected chi connectivity index (χ2v) is 6.41. The highest BCUT2D eigenvalue weighted by atomic mass is 15.4. The molecule has 0 bridgehead atoms. The third-order valence-electron chi connectivity index (χ3n) is 4.59. The second-order valence-electron chi connectivity index (χ2n) is 6.41. The second kappa shape index (κ2) is 7.92. The predicted molar refractivity (Wildman–Crippen MR) is 117 cm³/mol. The maximum atomic E-state index is 6.07. The van der Waals surface area contributed by atoms with Crippen LogP contribution in [0.5, 0.6) is 0 Å². The molecular weight excluding hydrogens is 360 g/mol. The van der Waals surface area contributed by atoms with Crippen LogP contribution in [-0.4, -0.2) is 19.7 Å². The van der Waals surface area contributed by atoms with Crippen LogP contribution >= 0.6 is 0 Å². The standard InChI is InChI=1S/C23H20N6/c1-17(11-16-28(24)19-8-13-25-14-9-19)18(2)22-10-15-27-29(22)23-7-3-6-21-20(23)5-4-12-26-21/h3-16H,1-2,24H2/b16-11-. The number of fused-ring (bicyclic) bond motifs is 1. The van der Waals surface area contributed by atoms with E-state index < -0.39 is 0 Å². The highest BCUT2D eigenvalue weighted by Crippen LogP contribution is 2.27. The van der Waals surface area contributed by atoms with Gasteiger partial charge < -0.3 is 0 Å². The van der Waals surface area contributed by atoms with Crippen LogP contribution in [-0.2, 0) is 0 Å². The van der Waals surface area contributed by atoms with Crippen LogP contribution in [0.3, 0.4) is 0 Å².